The van der Waals surface area contributed by atoms with Crippen LogP contribution in [-0.2, 0) is 17.6 Å². The highest BCUT2D eigenvalue weighted by molar-refractivity contribution is 5.79. The number of nitrogens with zero attached hydrogens (tertiary/aromatic N) is 5. The molecule has 0 spiro atoms. The zero-order valence-corrected chi connectivity index (χ0v) is 20.3. The first kappa shape index (κ1) is 23.8. The van der Waals surface area contributed by atoms with Gasteiger partial charge in [-0.1, -0.05) is 30.3 Å². The second kappa shape index (κ2) is 10.8. The molecule has 1 aromatic heterocycles. The Morgan fingerprint density at radius 2 is 1.97 bits per heavy atom. The highest BCUT2D eigenvalue weighted by Crippen LogP contribution is 2.36. The summed E-state index contributed by atoms with van der Waals surface area (Å²) < 4.78 is 11.7. The molecule has 10 heteroatoms. The van der Waals surface area contributed by atoms with E-state index in [2.05, 4.69) is 43.5 Å². The standard InChI is InChI=1S/C26H30N6O4/c1-35-22-11-10-19(15-23(22)36-21-8-5-9-21)31-12-13-32(20(17-31)14-18-6-3-2-4-7-18)25(33)16-24-27-26(30-34)29-28-24/h2-4,6-7,10-11,15,20-21H,5,8-9,12-14,16-17H2,1H3,(H,27,28,29)/t20-/m0/s1. The van der Waals surface area contributed by atoms with Gasteiger partial charge < -0.3 is 19.3 Å². The molecule has 1 saturated carbocycles. The molecule has 10 nitrogen and oxygen atoms in total. The molecule has 0 unspecified atom stereocenters. The van der Waals surface area contributed by atoms with Crippen molar-refractivity contribution >= 4 is 17.5 Å². The number of methoxy groups -OCH3 is 1. The first-order chi connectivity index (χ1) is 17.6. The number of H-pyrrole nitrogens is 1. The summed E-state index contributed by atoms with van der Waals surface area (Å²) in [6.07, 6.45) is 4.36. The number of carbonyl (C=O) groups is 1. The third-order valence-electron chi connectivity index (χ3n) is 6.90. The fourth-order valence-corrected chi connectivity index (χ4v) is 4.75. The van der Waals surface area contributed by atoms with Gasteiger partial charge in [0, 0.05) is 36.6 Å². The number of rotatable bonds is 9. The van der Waals surface area contributed by atoms with Crippen LogP contribution in [0.1, 0.15) is 30.7 Å². The predicted molar refractivity (Wildman–Crippen MR) is 135 cm³/mol. The van der Waals surface area contributed by atoms with Crippen LogP contribution in [0, 0.1) is 4.91 Å². The molecule has 2 aromatic carbocycles. The first-order valence-electron chi connectivity index (χ1n) is 12.3. The van der Waals surface area contributed by atoms with Crippen LogP contribution in [0.3, 0.4) is 0 Å². The summed E-state index contributed by atoms with van der Waals surface area (Å²) >= 11 is 0. The Bertz CT molecular complexity index is 1200. The van der Waals surface area contributed by atoms with Crippen LogP contribution in [0.15, 0.2) is 53.7 Å². The monoisotopic (exact) mass is 490 g/mol. The maximum Gasteiger partial charge on any atom is 0.309 e. The van der Waals surface area contributed by atoms with Gasteiger partial charge in [-0.2, -0.15) is 4.98 Å². The number of hydrogen-bond acceptors (Lipinski definition) is 8. The summed E-state index contributed by atoms with van der Waals surface area (Å²) in [7, 11) is 1.66. The van der Waals surface area contributed by atoms with E-state index in [1.54, 1.807) is 7.11 Å². The molecule has 36 heavy (non-hydrogen) atoms. The number of amides is 1. The second-order valence-corrected chi connectivity index (χ2v) is 9.23. The van der Waals surface area contributed by atoms with Crippen molar-refractivity contribution in [1.29, 1.82) is 0 Å². The van der Waals surface area contributed by atoms with E-state index < -0.39 is 0 Å². The Balaban J connectivity index is 1.35. The minimum Gasteiger partial charge on any atom is -0.493 e. The Hall–Kier alpha value is -3.95. The van der Waals surface area contributed by atoms with Gasteiger partial charge in [0.15, 0.2) is 11.5 Å². The van der Waals surface area contributed by atoms with Crippen molar-refractivity contribution in [3.8, 4) is 11.5 Å². The van der Waals surface area contributed by atoms with E-state index in [-0.39, 0.29) is 30.4 Å². The van der Waals surface area contributed by atoms with Gasteiger partial charge in [0.25, 0.3) is 0 Å². The largest absolute Gasteiger partial charge is 0.493 e. The molecule has 3 aromatic rings. The Labute approximate surface area is 209 Å². The Morgan fingerprint density at radius 1 is 1.14 bits per heavy atom. The lowest BCUT2D eigenvalue weighted by Gasteiger charge is -2.43. The number of piperazine rings is 1. The van der Waals surface area contributed by atoms with Gasteiger partial charge in [0.2, 0.25) is 5.91 Å². The lowest BCUT2D eigenvalue weighted by Crippen LogP contribution is -2.56. The number of carbonyl (C=O) groups excluding carboxylic acids is 1. The Morgan fingerprint density at radius 3 is 2.67 bits per heavy atom. The lowest BCUT2D eigenvalue weighted by molar-refractivity contribution is -0.133. The highest BCUT2D eigenvalue weighted by atomic mass is 16.5. The van der Waals surface area contributed by atoms with Gasteiger partial charge >= 0.3 is 5.95 Å². The Kier molecular flexibility index (Phi) is 7.11. The third-order valence-corrected chi connectivity index (χ3v) is 6.90. The van der Waals surface area contributed by atoms with E-state index >= 15 is 0 Å². The SMILES string of the molecule is COc1ccc(N2CCN(C(=O)Cc3nc(N=O)n[nH]3)[C@@H](Cc3ccccc3)C2)cc1OC1CCC1. The molecule has 188 valence electrons. The van der Waals surface area contributed by atoms with Gasteiger partial charge in [0.1, 0.15) is 5.82 Å². The van der Waals surface area contributed by atoms with Crippen molar-refractivity contribution < 1.29 is 14.3 Å². The molecule has 5 rings (SSSR count). The number of aromatic nitrogens is 3. The van der Waals surface area contributed by atoms with Crippen LogP contribution < -0.4 is 14.4 Å². The quantitative estimate of drug-likeness (QED) is 0.456. The van der Waals surface area contributed by atoms with Crippen LogP contribution in [0.4, 0.5) is 11.6 Å². The number of aromatic amines is 1. The van der Waals surface area contributed by atoms with Gasteiger partial charge in [-0.25, -0.2) is 0 Å². The van der Waals surface area contributed by atoms with Crippen LogP contribution >= 0.6 is 0 Å². The van der Waals surface area contributed by atoms with Crippen LogP contribution in [-0.4, -0.2) is 64.9 Å². The van der Waals surface area contributed by atoms with Gasteiger partial charge in [0.05, 0.1) is 25.7 Å². The molecule has 1 saturated heterocycles. The third kappa shape index (κ3) is 5.32. The average molecular weight is 491 g/mol. The van der Waals surface area contributed by atoms with Gasteiger partial charge in [-0.3, -0.25) is 9.89 Å². The number of anilines is 1. The molecule has 1 aliphatic carbocycles. The number of nitrogens with one attached hydrogen (secondary N) is 1. The zero-order valence-electron chi connectivity index (χ0n) is 20.3. The lowest BCUT2D eigenvalue weighted by atomic mass is 9.96. The maximum absolute atomic E-state index is 13.3. The highest BCUT2D eigenvalue weighted by Gasteiger charge is 2.32. The maximum atomic E-state index is 13.3. The molecule has 2 heterocycles. The van der Waals surface area contributed by atoms with Gasteiger partial charge in [-0.15, -0.1) is 10.0 Å². The minimum atomic E-state index is -0.192. The summed E-state index contributed by atoms with van der Waals surface area (Å²) in [5.41, 5.74) is 2.21. The molecular weight excluding hydrogens is 460 g/mol. The van der Waals surface area contributed by atoms with E-state index in [9.17, 15) is 9.70 Å². The van der Waals surface area contributed by atoms with Crippen molar-refractivity contribution in [2.45, 2.75) is 44.2 Å². The molecule has 0 radical (unpaired) electrons. The summed E-state index contributed by atoms with van der Waals surface area (Å²) in [6.45, 7) is 1.92. The normalized spacial score (nSPS) is 18.0. The molecule has 1 aliphatic heterocycles. The molecular formula is C26H30N6O4. The van der Waals surface area contributed by atoms with Crippen LogP contribution in [0.5, 0.6) is 11.5 Å². The smallest absolute Gasteiger partial charge is 0.309 e. The van der Waals surface area contributed by atoms with Gasteiger partial charge in [-0.05, 0) is 43.4 Å². The fourth-order valence-electron chi connectivity index (χ4n) is 4.75. The summed E-state index contributed by atoms with van der Waals surface area (Å²) in [4.78, 5) is 32.1. The average Bonchev–Trinajstić information content (AvgIpc) is 3.34. The molecule has 1 atom stereocenters. The van der Waals surface area contributed by atoms with Crippen molar-refractivity contribution in [1.82, 2.24) is 20.1 Å². The fraction of sp³-hybridized carbons (Fsp3) is 0.423. The van der Waals surface area contributed by atoms with Crippen LogP contribution in [0.2, 0.25) is 0 Å². The van der Waals surface area contributed by atoms with E-state index in [4.69, 9.17) is 9.47 Å². The minimum absolute atomic E-state index is 0.0374. The van der Waals surface area contributed by atoms with E-state index in [1.807, 2.05) is 35.2 Å². The number of benzene rings is 2. The number of nitroso groups, excluding NO2 is 1. The van der Waals surface area contributed by atoms with E-state index in [0.717, 1.165) is 42.0 Å². The van der Waals surface area contributed by atoms with Crippen molar-refractivity contribution in [2.75, 3.05) is 31.6 Å². The number of hydrogen-bond donors (Lipinski definition) is 1. The molecule has 1 amide bonds. The zero-order chi connectivity index (χ0) is 24.9. The topological polar surface area (TPSA) is 113 Å². The van der Waals surface area contributed by atoms with Crippen LogP contribution in [0.25, 0.3) is 0 Å². The molecule has 2 aliphatic rings. The molecule has 0 bridgehead atoms. The summed E-state index contributed by atoms with van der Waals surface area (Å²) in [5.74, 6) is 1.58. The van der Waals surface area contributed by atoms with Crippen molar-refractivity contribution in [3.63, 3.8) is 0 Å². The first-order valence-corrected chi connectivity index (χ1v) is 12.3. The second-order valence-electron chi connectivity index (χ2n) is 9.23. The summed E-state index contributed by atoms with van der Waals surface area (Å²) in [6, 6.07) is 16.2. The molecule has 2 fully saturated rings. The summed E-state index contributed by atoms with van der Waals surface area (Å²) in [5, 5.41) is 9.05. The van der Waals surface area contributed by atoms with E-state index in [1.165, 1.54) is 6.42 Å². The van der Waals surface area contributed by atoms with E-state index in [0.29, 0.717) is 25.5 Å². The van der Waals surface area contributed by atoms with Crippen molar-refractivity contribution in [3.05, 3.63) is 64.8 Å². The predicted octanol–water partition coefficient (Wildman–Crippen LogP) is 3.65. The molecule has 1 N–H and O–H groups in total. The van der Waals surface area contributed by atoms with Crippen molar-refractivity contribution in [2.24, 2.45) is 5.18 Å². The number of ether oxygens (including phenoxy) is 2.